The molecular formula is C15H14FNO3S. The van der Waals surface area contributed by atoms with E-state index < -0.39 is 11.8 Å². The Morgan fingerprint density at radius 1 is 1.43 bits per heavy atom. The number of hydrogen-bond acceptors (Lipinski definition) is 4. The van der Waals surface area contributed by atoms with Crippen molar-refractivity contribution in [1.29, 1.82) is 0 Å². The van der Waals surface area contributed by atoms with Crippen LogP contribution in [0.15, 0.2) is 46.5 Å². The molecule has 0 radical (unpaired) electrons. The number of carbonyl (C=O) groups is 1. The normalized spacial score (nSPS) is 10.4. The van der Waals surface area contributed by atoms with Crippen LogP contribution in [0.25, 0.3) is 0 Å². The van der Waals surface area contributed by atoms with Gasteiger partial charge >= 0.3 is 5.97 Å². The third-order valence-electron chi connectivity index (χ3n) is 2.58. The van der Waals surface area contributed by atoms with Gasteiger partial charge in [-0.2, -0.15) is 0 Å². The molecular weight excluding hydrogens is 293 g/mol. The van der Waals surface area contributed by atoms with E-state index in [9.17, 15) is 9.18 Å². The maximum absolute atomic E-state index is 13.4. The fraction of sp³-hybridized carbons (Fsp3) is 0.200. The van der Waals surface area contributed by atoms with Gasteiger partial charge in [-0.05, 0) is 36.8 Å². The number of carboxylic acid groups (broad SMARTS) is 1. The summed E-state index contributed by atoms with van der Waals surface area (Å²) < 4.78 is 19.0. The highest BCUT2D eigenvalue weighted by molar-refractivity contribution is 7.99. The van der Waals surface area contributed by atoms with Crippen molar-refractivity contribution in [3.8, 4) is 5.75 Å². The van der Waals surface area contributed by atoms with Crippen molar-refractivity contribution < 1.29 is 19.0 Å². The molecule has 21 heavy (non-hydrogen) atoms. The topological polar surface area (TPSA) is 59.4 Å². The zero-order valence-electron chi connectivity index (χ0n) is 11.4. The SMILES string of the molecule is CCCOc1cccnc1Sc1ccc(F)c(C(=O)O)c1. The first-order valence-corrected chi connectivity index (χ1v) is 7.22. The molecule has 1 N–H and O–H groups in total. The molecule has 0 aliphatic heterocycles. The van der Waals surface area contributed by atoms with Crippen molar-refractivity contribution in [3.05, 3.63) is 47.9 Å². The van der Waals surface area contributed by atoms with Crippen molar-refractivity contribution in [2.24, 2.45) is 0 Å². The monoisotopic (exact) mass is 307 g/mol. The van der Waals surface area contributed by atoms with E-state index >= 15 is 0 Å². The lowest BCUT2D eigenvalue weighted by Gasteiger charge is -2.09. The van der Waals surface area contributed by atoms with E-state index in [0.717, 1.165) is 12.5 Å². The van der Waals surface area contributed by atoms with E-state index in [1.54, 1.807) is 18.3 Å². The molecule has 0 amide bonds. The standard InChI is InChI=1S/C15H14FNO3S/c1-2-8-20-13-4-3-7-17-14(13)21-10-5-6-12(16)11(9-10)15(18)19/h3-7,9H,2,8H2,1H3,(H,18,19). The minimum absolute atomic E-state index is 0.355. The molecule has 2 aromatic rings. The van der Waals surface area contributed by atoms with Gasteiger partial charge in [0, 0.05) is 11.1 Å². The minimum Gasteiger partial charge on any atom is -0.491 e. The van der Waals surface area contributed by atoms with Crippen LogP contribution in [0, 0.1) is 5.82 Å². The summed E-state index contributed by atoms with van der Waals surface area (Å²) in [6.45, 7) is 2.57. The predicted molar refractivity (Wildman–Crippen MR) is 77.5 cm³/mol. The maximum Gasteiger partial charge on any atom is 0.338 e. The molecule has 1 heterocycles. The molecule has 0 saturated heterocycles. The van der Waals surface area contributed by atoms with Crippen molar-refractivity contribution in [2.75, 3.05) is 6.61 Å². The highest BCUT2D eigenvalue weighted by Gasteiger charge is 2.13. The molecule has 6 heteroatoms. The van der Waals surface area contributed by atoms with Crippen LogP contribution in [0.4, 0.5) is 4.39 Å². The zero-order chi connectivity index (χ0) is 15.2. The molecule has 0 fully saturated rings. The lowest BCUT2D eigenvalue weighted by molar-refractivity contribution is 0.0691. The van der Waals surface area contributed by atoms with Gasteiger partial charge in [0.1, 0.15) is 10.8 Å². The lowest BCUT2D eigenvalue weighted by Crippen LogP contribution is -2.00. The molecule has 1 aromatic heterocycles. The average Bonchev–Trinajstić information content (AvgIpc) is 2.48. The average molecular weight is 307 g/mol. The molecule has 0 bridgehead atoms. The van der Waals surface area contributed by atoms with Crippen LogP contribution in [0.5, 0.6) is 5.75 Å². The number of rotatable bonds is 6. The number of aromatic carboxylic acids is 1. The van der Waals surface area contributed by atoms with Crippen LogP contribution in [-0.4, -0.2) is 22.7 Å². The summed E-state index contributed by atoms with van der Waals surface area (Å²) in [5, 5.41) is 9.56. The Bertz CT molecular complexity index is 649. The zero-order valence-corrected chi connectivity index (χ0v) is 12.2. The first-order chi connectivity index (χ1) is 10.1. The Balaban J connectivity index is 2.26. The number of aromatic nitrogens is 1. The Hall–Kier alpha value is -2.08. The Morgan fingerprint density at radius 3 is 2.95 bits per heavy atom. The lowest BCUT2D eigenvalue weighted by atomic mass is 10.2. The summed E-state index contributed by atoms with van der Waals surface area (Å²) in [7, 11) is 0. The minimum atomic E-state index is -1.29. The summed E-state index contributed by atoms with van der Waals surface area (Å²) in [5.74, 6) is -1.42. The van der Waals surface area contributed by atoms with Gasteiger partial charge in [0.25, 0.3) is 0 Å². The quantitative estimate of drug-likeness (QED) is 0.878. The fourth-order valence-corrected chi connectivity index (χ4v) is 2.50. The van der Waals surface area contributed by atoms with E-state index in [4.69, 9.17) is 9.84 Å². The second-order valence-corrected chi connectivity index (χ2v) is 5.27. The highest BCUT2D eigenvalue weighted by Crippen LogP contribution is 2.33. The largest absolute Gasteiger partial charge is 0.491 e. The van der Waals surface area contributed by atoms with E-state index in [1.807, 2.05) is 6.92 Å². The summed E-state index contributed by atoms with van der Waals surface area (Å²) in [5.41, 5.74) is -0.355. The van der Waals surface area contributed by atoms with E-state index in [-0.39, 0.29) is 5.56 Å². The number of halogens is 1. The van der Waals surface area contributed by atoms with Crippen LogP contribution in [-0.2, 0) is 0 Å². The molecule has 110 valence electrons. The summed E-state index contributed by atoms with van der Waals surface area (Å²) in [6, 6.07) is 7.52. The molecule has 0 atom stereocenters. The van der Waals surface area contributed by atoms with Gasteiger partial charge in [0.15, 0.2) is 5.75 Å². The second-order valence-electron chi connectivity index (χ2n) is 4.20. The number of hydrogen-bond donors (Lipinski definition) is 1. The van der Waals surface area contributed by atoms with Crippen LogP contribution in [0.1, 0.15) is 23.7 Å². The second kappa shape index (κ2) is 7.08. The van der Waals surface area contributed by atoms with Gasteiger partial charge < -0.3 is 9.84 Å². The maximum atomic E-state index is 13.4. The molecule has 1 aromatic carbocycles. The smallest absolute Gasteiger partial charge is 0.338 e. The van der Waals surface area contributed by atoms with Crippen LogP contribution in [0.2, 0.25) is 0 Å². The first kappa shape index (κ1) is 15.3. The van der Waals surface area contributed by atoms with Gasteiger partial charge in [-0.15, -0.1) is 0 Å². The number of benzene rings is 1. The third-order valence-corrected chi connectivity index (χ3v) is 3.57. The first-order valence-electron chi connectivity index (χ1n) is 6.40. The van der Waals surface area contributed by atoms with Crippen molar-refractivity contribution in [1.82, 2.24) is 4.98 Å². The van der Waals surface area contributed by atoms with Crippen molar-refractivity contribution in [3.63, 3.8) is 0 Å². The van der Waals surface area contributed by atoms with Gasteiger partial charge in [-0.3, -0.25) is 0 Å². The number of pyridine rings is 1. The van der Waals surface area contributed by atoms with Gasteiger partial charge in [-0.25, -0.2) is 14.2 Å². The molecule has 2 rings (SSSR count). The van der Waals surface area contributed by atoms with Crippen LogP contribution in [0.3, 0.4) is 0 Å². The van der Waals surface area contributed by atoms with Gasteiger partial charge in [0.05, 0.1) is 12.2 Å². The predicted octanol–water partition coefficient (Wildman–Crippen LogP) is 3.86. The van der Waals surface area contributed by atoms with Crippen LogP contribution >= 0.6 is 11.8 Å². The van der Waals surface area contributed by atoms with Crippen molar-refractivity contribution >= 4 is 17.7 Å². The molecule has 0 aliphatic rings. The molecule has 4 nitrogen and oxygen atoms in total. The number of carboxylic acids is 1. The summed E-state index contributed by atoms with van der Waals surface area (Å²) in [4.78, 5) is 15.8. The molecule has 0 spiro atoms. The van der Waals surface area contributed by atoms with E-state index in [0.29, 0.717) is 22.3 Å². The number of nitrogens with zero attached hydrogens (tertiary/aromatic N) is 1. The Kier molecular flexibility index (Phi) is 5.16. The summed E-state index contributed by atoms with van der Waals surface area (Å²) >= 11 is 1.24. The van der Waals surface area contributed by atoms with Gasteiger partial charge in [0.2, 0.25) is 0 Å². The van der Waals surface area contributed by atoms with Crippen molar-refractivity contribution in [2.45, 2.75) is 23.3 Å². The Labute approximate surface area is 126 Å². The fourth-order valence-electron chi connectivity index (χ4n) is 1.62. The van der Waals surface area contributed by atoms with Crippen LogP contribution < -0.4 is 4.74 Å². The van der Waals surface area contributed by atoms with E-state index in [2.05, 4.69) is 4.98 Å². The third kappa shape index (κ3) is 3.95. The molecule has 0 saturated carbocycles. The van der Waals surface area contributed by atoms with E-state index in [1.165, 1.54) is 23.9 Å². The number of ether oxygens (including phenoxy) is 1. The summed E-state index contributed by atoms with van der Waals surface area (Å²) in [6.07, 6.45) is 2.50. The van der Waals surface area contributed by atoms with Gasteiger partial charge in [-0.1, -0.05) is 18.7 Å². The highest BCUT2D eigenvalue weighted by atomic mass is 32.2. The molecule has 0 unspecified atom stereocenters. The molecule has 0 aliphatic carbocycles. The Morgan fingerprint density at radius 2 is 2.24 bits per heavy atom.